The summed E-state index contributed by atoms with van der Waals surface area (Å²) in [5, 5.41) is 12.3. The number of nitrogens with one attached hydrogen (secondary N) is 1. The van der Waals surface area contributed by atoms with Crippen molar-refractivity contribution in [3.8, 4) is 23.3 Å². The first-order valence-electron chi connectivity index (χ1n) is 8.31. The Morgan fingerprint density at radius 1 is 1.07 bits per heavy atom. The lowest BCUT2D eigenvalue weighted by Gasteiger charge is -2.14. The van der Waals surface area contributed by atoms with Crippen LogP contribution in [0.25, 0.3) is 6.08 Å². The Bertz CT molecular complexity index is 844. The molecule has 1 unspecified atom stereocenters. The van der Waals surface area contributed by atoms with Gasteiger partial charge in [-0.2, -0.15) is 5.26 Å². The quantitative estimate of drug-likeness (QED) is 0.599. The van der Waals surface area contributed by atoms with Gasteiger partial charge in [-0.05, 0) is 36.3 Å². The normalized spacial score (nSPS) is 11.9. The van der Waals surface area contributed by atoms with E-state index < -0.39 is 5.91 Å². The summed E-state index contributed by atoms with van der Waals surface area (Å²) in [5.41, 5.74) is 1.52. The predicted octanol–water partition coefficient (Wildman–Crippen LogP) is 3.50. The first-order chi connectivity index (χ1) is 13.0. The molecule has 0 aliphatic carbocycles. The maximum atomic E-state index is 12.5. The number of nitrogens with zero attached hydrogens (tertiary/aromatic N) is 1. The van der Waals surface area contributed by atoms with Crippen LogP contribution >= 0.6 is 0 Å². The van der Waals surface area contributed by atoms with Crippen LogP contribution in [-0.2, 0) is 4.79 Å². The number of carbonyl (C=O) groups excluding carboxylic acids is 1. The summed E-state index contributed by atoms with van der Waals surface area (Å²) in [6.07, 6.45) is 1.48. The molecule has 0 saturated carbocycles. The van der Waals surface area contributed by atoms with Crippen LogP contribution in [-0.4, -0.2) is 27.2 Å². The van der Waals surface area contributed by atoms with Gasteiger partial charge in [0.05, 0.1) is 27.4 Å². The zero-order chi connectivity index (χ0) is 19.8. The van der Waals surface area contributed by atoms with Gasteiger partial charge in [0.1, 0.15) is 11.6 Å². The van der Waals surface area contributed by atoms with Gasteiger partial charge in [-0.15, -0.1) is 0 Å². The molecule has 0 spiro atoms. The second kappa shape index (κ2) is 9.30. The third-order valence-corrected chi connectivity index (χ3v) is 4.01. The zero-order valence-electron chi connectivity index (χ0n) is 15.8. The van der Waals surface area contributed by atoms with Crippen LogP contribution in [0.15, 0.2) is 48.0 Å². The second-order valence-electron chi connectivity index (χ2n) is 5.73. The van der Waals surface area contributed by atoms with Gasteiger partial charge in [0, 0.05) is 0 Å². The fourth-order valence-electron chi connectivity index (χ4n) is 2.60. The van der Waals surface area contributed by atoms with Crippen LogP contribution < -0.4 is 19.5 Å². The standard InChI is InChI=1S/C21H22N2O4/c1-14(16-8-6-5-7-9-16)23-21(24)17(13-22)10-15-11-18(25-2)20(27-4)19(12-15)26-3/h5-12,14H,1-4H3,(H,23,24). The highest BCUT2D eigenvalue weighted by molar-refractivity contribution is 6.02. The molecule has 140 valence electrons. The number of carbonyl (C=O) groups is 1. The molecule has 27 heavy (non-hydrogen) atoms. The van der Waals surface area contributed by atoms with Crippen molar-refractivity contribution in [3.63, 3.8) is 0 Å². The molecule has 0 heterocycles. The predicted molar refractivity (Wildman–Crippen MR) is 103 cm³/mol. The van der Waals surface area contributed by atoms with Crippen molar-refractivity contribution in [1.82, 2.24) is 5.32 Å². The smallest absolute Gasteiger partial charge is 0.262 e. The van der Waals surface area contributed by atoms with Gasteiger partial charge in [0.25, 0.3) is 5.91 Å². The van der Waals surface area contributed by atoms with E-state index in [0.717, 1.165) is 5.56 Å². The van der Waals surface area contributed by atoms with E-state index in [4.69, 9.17) is 14.2 Å². The summed E-state index contributed by atoms with van der Waals surface area (Å²) in [6, 6.07) is 14.6. The van der Waals surface area contributed by atoms with Gasteiger partial charge in [-0.1, -0.05) is 30.3 Å². The second-order valence-corrected chi connectivity index (χ2v) is 5.73. The minimum absolute atomic E-state index is 0.0212. The lowest BCUT2D eigenvalue weighted by atomic mass is 10.1. The molecule has 0 radical (unpaired) electrons. The molecule has 0 fully saturated rings. The van der Waals surface area contributed by atoms with E-state index >= 15 is 0 Å². The Kier molecular flexibility index (Phi) is 6.84. The Labute approximate surface area is 159 Å². The first-order valence-corrected chi connectivity index (χ1v) is 8.31. The van der Waals surface area contributed by atoms with Gasteiger partial charge >= 0.3 is 0 Å². The Morgan fingerprint density at radius 3 is 2.15 bits per heavy atom. The van der Waals surface area contributed by atoms with Crippen molar-refractivity contribution in [3.05, 3.63) is 59.2 Å². The Balaban J connectivity index is 2.30. The number of methoxy groups -OCH3 is 3. The number of rotatable bonds is 7. The molecule has 2 aromatic rings. The van der Waals surface area contributed by atoms with E-state index in [2.05, 4.69) is 5.32 Å². The fraction of sp³-hybridized carbons (Fsp3) is 0.238. The highest BCUT2D eigenvalue weighted by atomic mass is 16.5. The number of amides is 1. The molecule has 6 heteroatoms. The molecule has 0 aliphatic rings. The molecule has 0 saturated heterocycles. The van der Waals surface area contributed by atoms with Crippen molar-refractivity contribution >= 4 is 12.0 Å². The van der Waals surface area contributed by atoms with Crippen molar-refractivity contribution in [2.75, 3.05) is 21.3 Å². The average molecular weight is 366 g/mol. The van der Waals surface area contributed by atoms with E-state index in [0.29, 0.717) is 22.8 Å². The number of hydrogen-bond acceptors (Lipinski definition) is 5. The summed E-state index contributed by atoms with van der Waals surface area (Å²) in [4.78, 5) is 12.5. The van der Waals surface area contributed by atoms with E-state index in [1.807, 2.05) is 43.3 Å². The highest BCUT2D eigenvalue weighted by Crippen LogP contribution is 2.38. The molecule has 0 aliphatic heterocycles. The van der Waals surface area contributed by atoms with Crippen LogP contribution in [0, 0.1) is 11.3 Å². The maximum Gasteiger partial charge on any atom is 0.262 e. The van der Waals surface area contributed by atoms with Crippen LogP contribution in [0.5, 0.6) is 17.2 Å². The molecule has 2 aromatic carbocycles. The van der Waals surface area contributed by atoms with E-state index in [1.165, 1.54) is 27.4 Å². The largest absolute Gasteiger partial charge is 0.493 e. The van der Waals surface area contributed by atoms with E-state index in [1.54, 1.807) is 12.1 Å². The molecule has 0 aromatic heterocycles. The lowest BCUT2D eigenvalue weighted by Crippen LogP contribution is -2.27. The minimum Gasteiger partial charge on any atom is -0.493 e. The number of benzene rings is 2. The van der Waals surface area contributed by atoms with Crippen LogP contribution in [0.3, 0.4) is 0 Å². The third-order valence-electron chi connectivity index (χ3n) is 4.01. The van der Waals surface area contributed by atoms with Crippen molar-refractivity contribution in [2.45, 2.75) is 13.0 Å². The van der Waals surface area contributed by atoms with Gasteiger partial charge in [-0.3, -0.25) is 4.79 Å². The monoisotopic (exact) mass is 366 g/mol. The minimum atomic E-state index is -0.456. The molecular formula is C21H22N2O4. The van der Waals surface area contributed by atoms with Gasteiger partial charge in [0.2, 0.25) is 5.75 Å². The van der Waals surface area contributed by atoms with Crippen LogP contribution in [0.1, 0.15) is 24.1 Å². The van der Waals surface area contributed by atoms with Gasteiger partial charge < -0.3 is 19.5 Å². The number of ether oxygens (including phenoxy) is 3. The highest BCUT2D eigenvalue weighted by Gasteiger charge is 2.16. The molecular weight excluding hydrogens is 344 g/mol. The third kappa shape index (κ3) is 4.79. The van der Waals surface area contributed by atoms with Crippen LogP contribution in [0.4, 0.5) is 0 Å². The van der Waals surface area contributed by atoms with Gasteiger partial charge in [0.15, 0.2) is 11.5 Å². The van der Waals surface area contributed by atoms with E-state index in [9.17, 15) is 10.1 Å². The van der Waals surface area contributed by atoms with Crippen molar-refractivity contribution in [2.24, 2.45) is 0 Å². The van der Waals surface area contributed by atoms with Crippen LogP contribution in [0.2, 0.25) is 0 Å². The fourth-order valence-corrected chi connectivity index (χ4v) is 2.60. The molecule has 0 bridgehead atoms. The van der Waals surface area contributed by atoms with Crippen molar-refractivity contribution < 1.29 is 19.0 Å². The summed E-state index contributed by atoms with van der Waals surface area (Å²) in [7, 11) is 4.52. The summed E-state index contributed by atoms with van der Waals surface area (Å²) in [5.74, 6) is 0.873. The molecule has 6 nitrogen and oxygen atoms in total. The number of hydrogen-bond donors (Lipinski definition) is 1. The molecule has 1 N–H and O–H groups in total. The average Bonchev–Trinajstić information content (AvgIpc) is 2.71. The molecule has 1 atom stereocenters. The zero-order valence-corrected chi connectivity index (χ0v) is 15.8. The maximum absolute atomic E-state index is 12.5. The van der Waals surface area contributed by atoms with Crippen molar-refractivity contribution in [1.29, 1.82) is 5.26 Å². The summed E-state index contributed by atoms with van der Waals surface area (Å²) >= 11 is 0. The topological polar surface area (TPSA) is 80.6 Å². The van der Waals surface area contributed by atoms with E-state index in [-0.39, 0.29) is 11.6 Å². The number of nitriles is 1. The molecule has 2 rings (SSSR count). The Hall–Kier alpha value is -3.46. The Morgan fingerprint density at radius 2 is 1.67 bits per heavy atom. The summed E-state index contributed by atoms with van der Waals surface area (Å²) < 4.78 is 15.9. The lowest BCUT2D eigenvalue weighted by molar-refractivity contribution is -0.117. The summed E-state index contributed by atoms with van der Waals surface area (Å²) in [6.45, 7) is 1.86. The molecule has 1 amide bonds. The first kappa shape index (κ1) is 19.9. The SMILES string of the molecule is COc1cc(C=C(C#N)C(=O)NC(C)c2ccccc2)cc(OC)c1OC. The van der Waals surface area contributed by atoms with Gasteiger partial charge in [-0.25, -0.2) is 0 Å².